The lowest BCUT2D eigenvalue weighted by atomic mass is 9.77. The van der Waals surface area contributed by atoms with Crippen LogP contribution in [0.25, 0.3) is 0 Å². The van der Waals surface area contributed by atoms with Crippen molar-refractivity contribution in [2.45, 2.75) is 72.1 Å². The quantitative estimate of drug-likeness (QED) is 0.759. The van der Waals surface area contributed by atoms with Crippen LogP contribution >= 0.6 is 11.3 Å². The van der Waals surface area contributed by atoms with Gasteiger partial charge in [-0.15, -0.1) is 11.3 Å². The van der Waals surface area contributed by atoms with Gasteiger partial charge in [0.15, 0.2) is 0 Å². The van der Waals surface area contributed by atoms with Crippen LogP contribution in [-0.4, -0.2) is 10.8 Å². The molecule has 0 radical (unpaired) electrons. The summed E-state index contributed by atoms with van der Waals surface area (Å²) >= 11 is 1.81. The molecular weight excluding hydrogens is 254 g/mol. The number of hydrogen-bond acceptors (Lipinski definition) is 3. The van der Waals surface area contributed by atoms with Gasteiger partial charge in [-0.1, -0.05) is 41.5 Å². The number of hydrogen-bond donors (Lipinski definition) is 0. The van der Waals surface area contributed by atoms with E-state index in [2.05, 4.69) is 20.8 Å². The van der Waals surface area contributed by atoms with E-state index in [0.29, 0.717) is 5.78 Å². The molecule has 3 heteroatoms. The van der Waals surface area contributed by atoms with Gasteiger partial charge in [-0.25, -0.2) is 4.98 Å². The summed E-state index contributed by atoms with van der Waals surface area (Å²) in [6.07, 6.45) is 3.18. The van der Waals surface area contributed by atoms with Crippen molar-refractivity contribution in [1.29, 1.82) is 0 Å². The highest BCUT2D eigenvalue weighted by Gasteiger charge is 2.36. The van der Waals surface area contributed by atoms with Gasteiger partial charge in [0.1, 0.15) is 5.78 Å². The summed E-state index contributed by atoms with van der Waals surface area (Å²) < 4.78 is 0. The fourth-order valence-corrected chi connectivity index (χ4v) is 3.74. The topological polar surface area (TPSA) is 30.0 Å². The lowest BCUT2D eigenvalue weighted by Crippen LogP contribution is -2.29. The molecule has 1 aromatic heterocycles. The molecule has 1 aromatic rings. The van der Waals surface area contributed by atoms with Gasteiger partial charge in [-0.05, 0) is 19.3 Å². The fourth-order valence-electron chi connectivity index (χ4n) is 2.52. The van der Waals surface area contributed by atoms with Crippen molar-refractivity contribution in [3.8, 4) is 0 Å². The number of nitrogens with zero attached hydrogens (tertiary/aromatic N) is 1. The molecule has 0 amide bonds. The number of ketones is 1. The SMILES string of the molecule is CC(C)(C)C(=O)C1CCCc2sc(C(C)(C)C)nc21. The largest absolute Gasteiger partial charge is 0.298 e. The Balaban J connectivity index is 2.40. The third-order valence-electron chi connectivity index (χ3n) is 3.65. The Labute approximate surface area is 120 Å². The molecular formula is C16H25NOS. The highest BCUT2D eigenvalue weighted by molar-refractivity contribution is 7.12. The van der Waals surface area contributed by atoms with E-state index in [1.165, 1.54) is 9.88 Å². The summed E-state index contributed by atoms with van der Waals surface area (Å²) in [5.74, 6) is 0.371. The van der Waals surface area contributed by atoms with E-state index in [-0.39, 0.29) is 16.7 Å². The minimum atomic E-state index is -0.273. The number of aryl methyl sites for hydroxylation is 1. The molecule has 1 aliphatic rings. The van der Waals surface area contributed by atoms with Crippen molar-refractivity contribution >= 4 is 17.1 Å². The van der Waals surface area contributed by atoms with E-state index in [4.69, 9.17) is 4.98 Å². The first-order valence-corrected chi connectivity index (χ1v) is 7.97. The van der Waals surface area contributed by atoms with Crippen LogP contribution in [0.15, 0.2) is 0 Å². The standard InChI is InChI=1S/C16H25NOS/c1-15(2,3)13(18)10-8-7-9-11-12(10)17-14(19-11)16(4,5)6/h10H,7-9H2,1-6H3. The Morgan fingerprint density at radius 2 is 1.84 bits per heavy atom. The molecule has 1 heterocycles. The van der Waals surface area contributed by atoms with Crippen LogP contribution < -0.4 is 0 Å². The molecule has 0 bridgehead atoms. The third-order valence-corrected chi connectivity index (χ3v) is 5.21. The van der Waals surface area contributed by atoms with E-state index in [0.717, 1.165) is 25.0 Å². The number of carbonyl (C=O) groups is 1. The van der Waals surface area contributed by atoms with Gasteiger partial charge >= 0.3 is 0 Å². The van der Waals surface area contributed by atoms with E-state index in [9.17, 15) is 4.79 Å². The van der Waals surface area contributed by atoms with Gasteiger partial charge in [-0.3, -0.25) is 4.79 Å². The van der Waals surface area contributed by atoms with Gasteiger partial charge in [0.25, 0.3) is 0 Å². The molecule has 1 unspecified atom stereocenters. The second-order valence-electron chi connectivity index (χ2n) is 7.64. The second-order valence-corrected chi connectivity index (χ2v) is 8.72. The maximum Gasteiger partial charge on any atom is 0.147 e. The average molecular weight is 279 g/mol. The van der Waals surface area contributed by atoms with Crippen LogP contribution in [0.1, 0.15) is 75.9 Å². The normalized spacial score (nSPS) is 20.2. The van der Waals surface area contributed by atoms with Crippen molar-refractivity contribution in [2.75, 3.05) is 0 Å². The first-order valence-electron chi connectivity index (χ1n) is 7.15. The highest BCUT2D eigenvalue weighted by Crippen LogP contribution is 2.41. The fraction of sp³-hybridized carbons (Fsp3) is 0.750. The molecule has 19 heavy (non-hydrogen) atoms. The smallest absolute Gasteiger partial charge is 0.147 e. The van der Waals surface area contributed by atoms with E-state index in [1.807, 2.05) is 32.1 Å². The van der Waals surface area contributed by atoms with Gasteiger partial charge in [-0.2, -0.15) is 0 Å². The third kappa shape index (κ3) is 2.91. The van der Waals surface area contributed by atoms with Crippen LogP contribution in [-0.2, 0) is 16.6 Å². The second kappa shape index (κ2) is 4.69. The Hall–Kier alpha value is -0.700. The Morgan fingerprint density at radius 1 is 1.21 bits per heavy atom. The zero-order chi connectivity index (χ0) is 14.4. The molecule has 0 N–H and O–H groups in total. The van der Waals surface area contributed by atoms with Crippen molar-refractivity contribution in [1.82, 2.24) is 4.98 Å². The van der Waals surface area contributed by atoms with Crippen LogP contribution in [0.4, 0.5) is 0 Å². The van der Waals surface area contributed by atoms with Crippen LogP contribution in [0.2, 0.25) is 0 Å². The molecule has 0 aliphatic heterocycles. The minimum absolute atomic E-state index is 0.0242. The first kappa shape index (κ1) is 14.7. The number of aromatic nitrogens is 1. The predicted octanol–water partition coefficient (Wildman–Crippen LogP) is 4.48. The lowest BCUT2D eigenvalue weighted by Gasteiger charge is -2.26. The molecule has 0 saturated heterocycles. The van der Waals surface area contributed by atoms with E-state index >= 15 is 0 Å². The number of fused-ring (bicyclic) bond motifs is 1. The Kier molecular flexibility index (Phi) is 3.63. The van der Waals surface area contributed by atoms with Gasteiger partial charge in [0, 0.05) is 15.7 Å². The maximum atomic E-state index is 12.6. The van der Waals surface area contributed by atoms with E-state index in [1.54, 1.807) is 0 Å². The van der Waals surface area contributed by atoms with Crippen LogP contribution in [0.3, 0.4) is 0 Å². The van der Waals surface area contributed by atoms with Crippen molar-refractivity contribution in [3.05, 3.63) is 15.6 Å². The van der Waals surface area contributed by atoms with Gasteiger partial charge in [0.2, 0.25) is 0 Å². The lowest BCUT2D eigenvalue weighted by molar-refractivity contribution is -0.128. The Bertz CT molecular complexity index is 488. The van der Waals surface area contributed by atoms with Gasteiger partial charge < -0.3 is 0 Å². The highest BCUT2D eigenvalue weighted by atomic mass is 32.1. The molecule has 2 rings (SSSR count). The molecule has 0 aromatic carbocycles. The molecule has 0 spiro atoms. The van der Waals surface area contributed by atoms with Crippen LogP contribution in [0.5, 0.6) is 0 Å². The van der Waals surface area contributed by atoms with Crippen LogP contribution in [0, 0.1) is 5.41 Å². The molecule has 2 nitrogen and oxygen atoms in total. The Morgan fingerprint density at radius 3 is 2.37 bits per heavy atom. The summed E-state index contributed by atoms with van der Waals surface area (Å²) in [5.41, 5.74) is 0.892. The summed E-state index contributed by atoms with van der Waals surface area (Å²) in [6.45, 7) is 12.6. The molecule has 0 fully saturated rings. The van der Waals surface area contributed by atoms with Crippen molar-refractivity contribution in [2.24, 2.45) is 5.41 Å². The number of rotatable bonds is 1. The summed E-state index contributed by atoms with van der Waals surface area (Å²) in [4.78, 5) is 18.8. The predicted molar refractivity (Wildman–Crippen MR) is 81.0 cm³/mol. The molecule has 1 aliphatic carbocycles. The monoisotopic (exact) mass is 279 g/mol. The molecule has 106 valence electrons. The number of thiazole rings is 1. The summed E-state index contributed by atoms with van der Waals surface area (Å²) in [5, 5.41) is 1.17. The molecule has 0 saturated carbocycles. The van der Waals surface area contributed by atoms with Gasteiger partial charge in [0.05, 0.1) is 16.6 Å². The number of carbonyl (C=O) groups excluding carboxylic acids is 1. The zero-order valence-electron chi connectivity index (χ0n) is 13.0. The number of Topliss-reactive ketones (excluding diaryl/α,β-unsaturated/α-hetero) is 1. The van der Waals surface area contributed by atoms with Crippen molar-refractivity contribution < 1.29 is 4.79 Å². The first-order chi connectivity index (χ1) is 8.60. The summed E-state index contributed by atoms with van der Waals surface area (Å²) in [6, 6.07) is 0. The minimum Gasteiger partial charge on any atom is -0.298 e. The summed E-state index contributed by atoms with van der Waals surface area (Å²) in [7, 11) is 0. The molecule has 1 atom stereocenters. The maximum absolute atomic E-state index is 12.6. The zero-order valence-corrected chi connectivity index (χ0v) is 13.8. The van der Waals surface area contributed by atoms with E-state index < -0.39 is 0 Å². The van der Waals surface area contributed by atoms with Crippen molar-refractivity contribution in [3.63, 3.8) is 0 Å². The average Bonchev–Trinajstić information content (AvgIpc) is 2.69.